The van der Waals surface area contributed by atoms with Crippen LogP contribution in [0.15, 0.2) is 12.2 Å². The van der Waals surface area contributed by atoms with Gasteiger partial charge in [-0.1, -0.05) is 89.7 Å². The molecule has 136 valence electrons. The van der Waals surface area contributed by atoms with Gasteiger partial charge in [0.1, 0.15) is 0 Å². The summed E-state index contributed by atoms with van der Waals surface area (Å²) in [5.41, 5.74) is 0. The van der Waals surface area contributed by atoms with Crippen LogP contribution in [0.5, 0.6) is 0 Å². The van der Waals surface area contributed by atoms with Crippen LogP contribution in [0.3, 0.4) is 0 Å². The molecular weight excluding hydrogens is 288 g/mol. The molecule has 0 saturated carbocycles. The van der Waals surface area contributed by atoms with E-state index < -0.39 is 12.1 Å². The first-order valence-corrected chi connectivity index (χ1v) is 9.74. The monoisotopic (exact) mass is 326 g/mol. The van der Waals surface area contributed by atoms with Gasteiger partial charge in [-0.3, -0.25) is 0 Å². The predicted molar refractivity (Wildman–Crippen MR) is 97.7 cm³/mol. The number of aliphatic carboxylic acids is 1. The van der Waals surface area contributed by atoms with Crippen LogP contribution in [0.25, 0.3) is 0 Å². The lowest BCUT2D eigenvalue weighted by atomic mass is 10.0. The second kappa shape index (κ2) is 17.5. The molecule has 0 radical (unpaired) electrons. The van der Waals surface area contributed by atoms with Gasteiger partial charge in [0.2, 0.25) is 0 Å². The third-order valence-corrected chi connectivity index (χ3v) is 4.28. The standard InChI is InChI=1S/C20H38O3/c1-2-3-4-5-6-7-8-9-10-11-12-13-14-15-16-17-18-19(21)20(22)23/h15-16,19,21H,2-14,17-18H2,1H3,(H,22,23)/t19-/m1/s1. The predicted octanol–water partition coefficient (Wildman–Crippen LogP) is 5.86. The van der Waals surface area contributed by atoms with Crippen molar-refractivity contribution in [3.63, 3.8) is 0 Å². The molecule has 0 aliphatic heterocycles. The van der Waals surface area contributed by atoms with Crippen molar-refractivity contribution >= 4 is 5.97 Å². The van der Waals surface area contributed by atoms with Crippen LogP contribution in [-0.4, -0.2) is 22.3 Å². The lowest BCUT2D eigenvalue weighted by Gasteiger charge is -2.02. The van der Waals surface area contributed by atoms with Crippen LogP contribution in [0.4, 0.5) is 0 Å². The number of unbranched alkanes of at least 4 members (excludes halogenated alkanes) is 12. The Hall–Kier alpha value is -0.830. The van der Waals surface area contributed by atoms with Gasteiger partial charge < -0.3 is 10.2 Å². The largest absolute Gasteiger partial charge is 0.479 e. The summed E-state index contributed by atoms with van der Waals surface area (Å²) in [7, 11) is 0. The van der Waals surface area contributed by atoms with Crippen molar-refractivity contribution in [3.05, 3.63) is 12.2 Å². The van der Waals surface area contributed by atoms with Gasteiger partial charge in [-0.25, -0.2) is 4.79 Å². The topological polar surface area (TPSA) is 57.5 Å². The summed E-state index contributed by atoms with van der Waals surface area (Å²) >= 11 is 0. The second-order valence-electron chi connectivity index (χ2n) is 6.58. The number of carboxylic acid groups (broad SMARTS) is 1. The molecule has 0 bridgehead atoms. The molecule has 0 aromatic rings. The maximum absolute atomic E-state index is 10.4. The molecule has 0 spiro atoms. The summed E-state index contributed by atoms with van der Waals surface area (Å²) in [5.74, 6) is -1.13. The van der Waals surface area contributed by atoms with Crippen molar-refractivity contribution in [2.45, 2.75) is 109 Å². The quantitative estimate of drug-likeness (QED) is 0.260. The zero-order valence-corrected chi connectivity index (χ0v) is 15.1. The van der Waals surface area contributed by atoms with Gasteiger partial charge >= 0.3 is 5.97 Å². The number of carboxylic acids is 1. The van der Waals surface area contributed by atoms with Gasteiger partial charge in [-0.2, -0.15) is 0 Å². The Morgan fingerprint density at radius 3 is 1.70 bits per heavy atom. The number of allylic oxidation sites excluding steroid dienone is 2. The number of aliphatic hydroxyl groups is 1. The van der Waals surface area contributed by atoms with Crippen molar-refractivity contribution in [2.75, 3.05) is 0 Å². The molecule has 1 atom stereocenters. The van der Waals surface area contributed by atoms with Crippen molar-refractivity contribution in [2.24, 2.45) is 0 Å². The molecule has 0 unspecified atom stereocenters. The fourth-order valence-electron chi connectivity index (χ4n) is 2.72. The Kier molecular flexibility index (Phi) is 16.9. The molecule has 0 fully saturated rings. The van der Waals surface area contributed by atoms with Crippen LogP contribution in [-0.2, 0) is 4.79 Å². The molecule has 2 N–H and O–H groups in total. The molecule has 3 heteroatoms. The third kappa shape index (κ3) is 17.4. The van der Waals surface area contributed by atoms with Gasteiger partial charge in [-0.05, 0) is 25.7 Å². The highest BCUT2D eigenvalue weighted by Gasteiger charge is 2.10. The van der Waals surface area contributed by atoms with E-state index >= 15 is 0 Å². The van der Waals surface area contributed by atoms with Gasteiger partial charge in [0.15, 0.2) is 6.10 Å². The highest BCUT2D eigenvalue weighted by atomic mass is 16.4. The van der Waals surface area contributed by atoms with Gasteiger partial charge in [0, 0.05) is 0 Å². The Labute approximate surface area is 143 Å². The lowest BCUT2D eigenvalue weighted by Crippen LogP contribution is -2.18. The molecule has 0 amide bonds. The fraction of sp³-hybridized carbons (Fsp3) is 0.850. The average molecular weight is 327 g/mol. The molecule has 23 heavy (non-hydrogen) atoms. The van der Waals surface area contributed by atoms with Crippen molar-refractivity contribution in [3.8, 4) is 0 Å². The van der Waals surface area contributed by atoms with E-state index in [0.29, 0.717) is 12.8 Å². The van der Waals surface area contributed by atoms with E-state index in [4.69, 9.17) is 10.2 Å². The van der Waals surface area contributed by atoms with Gasteiger partial charge in [0.05, 0.1) is 0 Å². The molecule has 3 nitrogen and oxygen atoms in total. The zero-order chi connectivity index (χ0) is 17.2. The summed E-state index contributed by atoms with van der Waals surface area (Å²) in [4.78, 5) is 10.4. The molecule has 0 saturated heterocycles. The van der Waals surface area contributed by atoms with Gasteiger partial charge in [-0.15, -0.1) is 0 Å². The summed E-state index contributed by atoms with van der Waals surface area (Å²) < 4.78 is 0. The van der Waals surface area contributed by atoms with E-state index in [1.54, 1.807) is 0 Å². The van der Waals surface area contributed by atoms with Crippen LogP contribution in [0.1, 0.15) is 103 Å². The van der Waals surface area contributed by atoms with Crippen LogP contribution < -0.4 is 0 Å². The normalized spacial score (nSPS) is 12.8. The highest BCUT2D eigenvalue weighted by Crippen LogP contribution is 2.12. The summed E-state index contributed by atoms with van der Waals surface area (Å²) in [6.07, 6.45) is 21.3. The fourth-order valence-corrected chi connectivity index (χ4v) is 2.72. The summed E-state index contributed by atoms with van der Waals surface area (Å²) in [6.45, 7) is 2.26. The number of hydrogen-bond donors (Lipinski definition) is 2. The minimum absolute atomic E-state index is 0.310. The molecule has 0 aliphatic carbocycles. The first kappa shape index (κ1) is 22.2. The Morgan fingerprint density at radius 2 is 1.22 bits per heavy atom. The van der Waals surface area contributed by atoms with Crippen molar-refractivity contribution in [1.29, 1.82) is 0 Å². The molecule has 0 aliphatic rings. The van der Waals surface area contributed by atoms with Gasteiger partial charge in [0.25, 0.3) is 0 Å². The average Bonchev–Trinajstić information content (AvgIpc) is 2.54. The number of hydrogen-bond acceptors (Lipinski definition) is 2. The first-order chi connectivity index (χ1) is 11.2. The molecule has 0 rings (SSSR count). The molecule has 0 aromatic carbocycles. The molecule has 0 heterocycles. The van der Waals surface area contributed by atoms with E-state index in [1.165, 1.54) is 77.0 Å². The first-order valence-electron chi connectivity index (χ1n) is 9.74. The SMILES string of the molecule is CCCCCCCCCCCCCCC=CCC[C@@H](O)C(=O)O. The van der Waals surface area contributed by atoms with Crippen LogP contribution in [0, 0.1) is 0 Å². The summed E-state index contributed by atoms with van der Waals surface area (Å²) in [5, 5.41) is 17.6. The Morgan fingerprint density at radius 1 is 0.783 bits per heavy atom. The van der Waals surface area contributed by atoms with E-state index in [2.05, 4.69) is 13.0 Å². The maximum Gasteiger partial charge on any atom is 0.332 e. The van der Waals surface area contributed by atoms with Crippen LogP contribution >= 0.6 is 0 Å². The lowest BCUT2D eigenvalue weighted by molar-refractivity contribution is -0.146. The minimum atomic E-state index is -1.22. The summed E-state index contributed by atoms with van der Waals surface area (Å²) in [6, 6.07) is 0. The second-order valence-corrected chi connectivity index (χ2v) is 6.58. The minimum Gasteiger partial charge on any atom is -0.479 e. The smallest absolute Gasteiger partial charge is 0.332 e. The Bertz CT molecular complexity index is 287. The highest BCUT2D eigenvalue weighted by molar-refractivity contribution is 5.71. The maximum atomic E-state index is 10.4. The third-order valence-electron chi connectivity index (χ3n) is 4.28. The Balaban J connectivity index is 3.14. The van der Waals surface area contributed by atoms with Crippen LogP contribution in [0.2, 0.25) is 0 Å². The van der Waals surface area contributed by atoms with E-state index in [1.807, 2.05) is 6.08 Å². The number of carbonyl (C=O) groups is 1. The molecule has 0 aromatic heterocycles. The zero-order valence-electron chi connectivity index (χ0n) is 15.1. The van der Waals surface area contributed by atoms with E-state index in [-0.39, 0.29) is 0 Å². The van der Waals surface area contributed by atoms with Crippen molar-refractivity contribution < 1.29 is 15.0 Å². The van der Waals surface area contributed by atoms with E-state index in [0.717, 1.165) is 6.42 Å². The number of aliphatic hydroxyl groups excluding tert-OH is 1. The van der Waals surface area contributed by atoms with Crippen molar-refractivity contribution in [1.82, 2.24) is 0 Å². The molecular formula is C20H38O3. The number of rotatable bonds is 17. The van der Waals surface area contributed by atoms with E-state index in [9.17, 15) is 4.79 Å².